The molecule has 0 aliphatic carbocycles. The first-order valence-electron chi connectivity index (χ1n) is 7.00. The number of phenols is 1. The minimum absolute atomic E-state index is 0.0541. The zero-order chi connectivity index (χ0) is 18.4. The quantitative estimate of drug-likeness (QED) is 0.282. The number of aromatic hydroxyl groups is 1. The Bertz CT molecular complexity index is 785. The van der Waals surface area contributed by atoms with E-state index < -0.39 is 5.76 Å². The molecule has 0 saturated carbocycles. The molecule has 0 radical (unpaired) electrons. The molecule has 0 aliphatic heterocycles. The Hall–Kier alpha value is -1.90. The third kappa shape index (κ3) is 6.15. The minimum atomic E-state index is -2.46. The van der Waals surface area contributed by atoms with Crippen LogP contribution >= 0.6 is 35.6 Å². The van der Waals surface area contributed by atoms with Crippen LogP contribution in [0.3, 0.4) is 0 Å². The van der Waals surface area contributed by atoms with Crippen molar-refractivity contribution in [1.82, 2.24) is 5.43 Å². The van der Waals surface area contributed by atoms with E-state index in [0.717, 1.165) is 0 Å². The highest BCUT2D eigenvalue weighted by atomic mass is 35.5. The van der Waals surface area contributed by atoms with Gasteiger partial charge in [0.2, 0.25) is 0 Å². The molecule has 2 aromatic carbocycles. The highest BCUT2D eigenvalue weighted by molar-refractivity contribution is 7.99. The van der Waals surface area contributed by atoms with Crippen molar-refractivity contribution in [2.75, 3.05) is 5.32 Å². The normalized spacial score (nSPS) is 11.5. The number of hydrogen-bond donors (Lipinski definition) is 3. The van der Waals surface area contributed by atoms with E-state index in [-0.39, 0.29) is 10.9 Å². The van der Waals surface area contributed by atoms with Gasteiger partial charge in [0.25, 0.3) is 5.76 Å². The third-order valence-electron chi connectivity index (χ3n) is 3.01. The van der Waals surface area contributed by atoms with E-state index in [2.05, 4.69) is 15.8 Å². The topological polar surface area (TPSA) is 56.7 Å². The lowest BCUT2D eigenvalue weighted by Gasteiger charge is -2.09. The van der Waals surface area contributed by atoms with Gasteiger partial charge in [-0.25, -0.2) is 0 Å². The van der Waals surface area contributed by atoms with Crippen molar-refractivity contribution in [2.24, 2.45) is 5.10 Å². The lowest BCUT2D eigenvalue weighted by molar-refractivity contribution is 0.252. The standard InChI is InChI=1S/C16H14ClF2N3OS2/c1-9(13-8-10(17)2-7-14(13)23)21-22-16(24)20-11-3-5-12(6-4-11)25-15(18)19/h2-8,15,23H,1H3,(H2,20,22,24)/b21-9+. The molecular formula is C16H14ClF2N3OS2. The van der Waals surface area contributed by atoms with Gasteiger partial charge in [-0.1, -0.05) is 23.4 Å². The maximum atomic E-state index is 12.3. The smallest absolute Gasteiger partial charge is 0.288 e. The Kier molecular flexibility index (Phi) is 6.98. The molecule has 0 aromatic heterocycles. The van der Waals surface area contributed by atoms with E-state index in [4.69, 9.17) is 23.8 Å². The monoisotopic (exact) mass is 401 g/mol. The predicted molar refractivity (Wildman–Crippen MR) is 103 cm³/mol. The second-order valence-corrected chi connectivity index (χ2v) is 6.74. The molecule has 0 unspecified atom stereocenters. The number of alkyl halides is 2. The van der Waals surface area contributed by atoms with E-state index in [0.29, 0.717) is 38.6 Å². The van der Waals surface area contributed by atoms with Crippen LogP contribution in [0.5, 0.6) is 5.75 Å². The Morgan fingerprint density at radius 3 is 2.56 bits per heavy atom. The predicted octanol–water partition coefficient (Wildman–Crippen LogP) is 5.07. The Morgan fingerprint density at radius 2 is 1.92 bits per heavy atom. The lowest BCUT2D eigenvalue weighted by atomic mass is 10.1. The Morgan fingerprint density at radius 1 is 1.24 bits per heavy atom. The molecule has 4 nitrogen and oxygen atoms in total. The number of phenolic OH excluding ortho intramolecular Hbond substituents is 1. The number of hydrazone groups is 1. The summed E-state index contributed by atoms with van der Waals surface area (Å²) in [5, 5.41) is 17.5. The van der Waals surface area contributed by atoms with Gasteiger partial charge in [0.15, 0.2) is 5.11 Å². The summed E-state index contributed by atoms with van der Waals surface area (Å²) in [5.74, 6) is -2.40. The van der Waals surface area contributed by atoms with Crippen molar-refractivity contribution in [3.63, 3.8) is 0 Å². The van der Waals surface area contributed by atoms with Crippen LogP contribution < -0.4 is 10.7 Å². The zero-order valence-electron chi connectivity index (χ0n) is 13.0. The van der Waals surface area contributed by atoms with Crippen molar-refractivity contribution in [3.05, 3.63) is 53.1 Å². The van der Waals surface area contributed by atoms with Gasteiger partial charge in [0.05, 0.1) is 5.71 Å². The maximum Gasteiger partial charge on any atom is 0.288 e. The number of thiocarbonyl (C=S) groups is 1. The summed E-state index contributed by atoms with van der Waals surface area (Å²) in [6, 6.07) is 11.1. The Labute approximate surface area is 158 Å². The van der Waals surface area contributed by atoms with Gasteiger partial charge in [-0.15, -0.1) is 0 Å². The summed E-state index contributed by atoms with van der Waals surface area (Å²) >= 11 is 11.5. The van der Waals surface area contributed by atoms with Crippen LogP contribution in [-0.4, -0.2) is 21.7 Å². The first-order valence-corrected chi connectivity index (χ1v) is 8.67. The first kappa shape index (κ1) is 19.4. The van der Waals surface area contributed by atoms with Crippen molar-refractivity contribution >= 4 is 52.1 Å². The van der Waals surface area contributed by atoms with E-state index in [9.17, 15) is 13.9 Å². The molecule has 2 rings (SSSR count). The van der Waals surface area contributed by atoms with E-state index in [1.54, 1.807) is 43.3 Å². The fourth-order valence-electron chi connectivity index (χ4n) is 1.87. The molecule has 25 heavy (non-hydrogen) atoms. The summed E-state index contributed by atoms with van der Waals surface area (Å²) < 4.78 is 24.6. The van der Waals surface area contributed by atoms with Crippen molar-refractivity contribution < 1.29 is 13.9 Å². The number of anilines is 1. The molecule has 0 heterocycles. The Balaban J connectivity index is 1.96. The van der Waals surface area contributed by atoms with Gasteiger partial charge < -0.3 is 10.4 Å². The molecule has 0 amide bonds. The van der Waals surface area contributed by atoms with Crippen LogP contribution in [0.1, 0.15) is 12.5 Å². The number of thioether (sulfide) groups is 1. The number of rotatable bonds is 5. The first-order chi connectivity index (χ1) is 11.8. The number of halogens is 3. The van der Waals surface area contributed by atoms with Crippen LogP contribution in [0.4, 0.5) is 14.5 Å². The summed E-state index contributed by atoms with van der Waals surface area (Å²) in [6.45, 7) is 1.69. The molecule has 9 heteroatoms. The highest BCUT2D eigenvalue weighted by Gasteiger charge is 2.07. The van der Waals surface area contributed by atoms with Gasteiger partial charge in [-0.05, 0) is 61.6 Å². The van der Waals surface area contributed by atoms with Gasteiger partial charge in [0, 0.05) is 21.2 Å². The number of hydrogen-bond acceptors (Lipinski definition) is 4. The average molecular weight is 402 g/mol. The van der Waals surface area contributed by atoms with Crippen LogP contribution in [0.2, 0.25) is 5.02 Å². The maximum absolute atomic E-state index is 12.3. The summed E-state index contributed by atoms with van der Waals surface area (Å²) in [4.78, 5) is 0.463. The molecule has 0 atom stereocenters. The zero-order valence-corrected chi connectivity index (χ0v) is 15.4. The third-order valence-corrected chi connectivity index (χ3v) is 4.16. The molecule has 0 saturated heterocycles. The molecule has 3 N–H and O–H groups in total. The minimum Gasteiger partial charge on any atom is -0.507 e. The van der Waals surface area contributed by atoms with E-state index in [1.165, 1.54) is 6.07 Å². The van der Waals surface area contributed by atoms with Crippen molar-refractivity contribution in [1.29, 1.82) is 0 Å². The van der Waals surface area contributed by atoms with Crippen molar-refractivity contribution in [3.8, 4) is 5.75 Å². The van der Waals surface area contributed by atoms with Gasteiger partial charge in [0.1, 0.15) is 5.75 Å². The molecule has 0 spiro atoms. The second kappa shape index (κ2) is 8.98. The fraction of sp³-hybridized carbons (Fsp3) is 0.125. The second-order valence-electron chi connectivity index (χ2n) is 4.83. The van der Waals surface area contributed by atoms with Crippen LogP contribution in [-0.2, 0) is 0 Å². The lowest BCUT2D eigenvalue weighted by Crippen LogP contribution is -2.24. The summed E-state index contributed by atoms with van der Waals surface area (Å²) in [6.07, 6.45) is 0. The molecular weight excluding hydrogens is 388 g/mol. The fourth-order valence-corrected chi connectivity index (χ4v) is 2.71. The van der Waals surface area contributed by atoms with Crippen molar-refractivity contribution in [2.45, 2.75) is 17.6 Å². The number of nitrogens with zero attached hydrogens (tertiary/aromatic N) is 1. The molecule has 2 aromatic rings. The molecule has 132 valence electrons. The van der Waals surface area contributed by atoms with Gasteiger partial charge in [-0.2, -0.15) is 13.9 Å². The molecule has 0 bridgehead atoms. The van der Waals surface area contributed by atoms with Gasteiger partial charge >= 0.3 is 0 Å². The van der Waals surface area contributed by atoms with Gasteiger partial charge in [-0.3, -0.25) is 5.43 Å². The van der Waals surface area contributed by atoms with Crippen LogP contribution in [0, 0.1) is 0 Å². The molecule has 0 aliphatic rings. The summed E-state index contributed by atoms with van der Waals surface area (Å²) in [7, 11) is 0. The van der Waals surface area contributed by atoms with E-state index >= 15 is 0 Å². The largest absolute Gasteiger partial charge is 0.507 e. The van der Waals surface area contributed by atoms with Crippen LogP contribution in [0.15, 0.2) is 52.5 Å². The summed E-state index contributed by atoms with van der Waals surface area (Å²) in [5.41, 5.74) is 4.26. The average Bonchev–Trinajstić information content (AvgIpc) is 2.56. The molecule has 0 fully saturated rings. The number of nitrogens with one attached hydrogen (secondary N) is 2. The van der Waals surface area contributed by atoms with Crippen LogP contribution in [0.25, 0.3) is 0 Å². The SMILES string of the molecule is C/C(=N\NC(=S)Nc1ccc(SC(F)F)cc1)c1cc(Cl)ccc1O. The number of benzene rings is 2. The van der Waals surface area contributed by atoms with E-state index in [1.807, 2.05) is 0 Å². The highest BCUT2D eigenvalue weighted by Crippen LogP contribution is 2.26.